The molecule has 0 aliphatic heterocycles. The highest BCUT2D eigenvalue weighted by Gasteiger charge is 2.13. The van der Waals surface area contributed by atoms with Gasteiger partial charge in [0.1, 0.15) is 0 Å². The van der Waals surface area contributed by atoms with Crippen molar-refractivity contribution in [3.05, 3.63) is 0 Å². The third-order valence-electron chi connectivity index (χ3n) is 2.22. The summed E-state index contributed by atoms with van der Waals surface area (Å²) in [6.45, 7) is 1.41. The van der Waals surface area contributed by atoms with E-state index in [-0.39, 0.29) is 23.7 Å². The predicted octanol–water partition coefficient (Wildman–Crippen LogP) is 0.499. The topological polar surface area (TPSA) is 102 Å². The fourth-order valence-electron chi connectivity index (χ4n) is 1.16. The quantitative estimate of drug-likeness (QED) is 0.387. The molecule has 0 rings (SSSR count). The molecule has 6 N–H and O–H groups in total. The average Bonchev–Trinajstić information content (AvgIpc) is 2.37. The average molecular weight is 284 g/mol. The first-order valence-electron chi connectivity index (χ1n) is 5.89. The van der Waals surface area contributed by atoms with Gasteiger partial charge in [-0.3, -0.25) is 0 Å². The minimum absolute atomic E-state index is 0.0555. The molecule has 0 aromatic carbocycles. The molecule has 104 valence electrons. The second-order valence-electron chi connectivity index (χ2n) is 3.73. The third-order valence-corrected chi connectivity index (χ3v) is 4.16. The summed E-state index contributed by atoms with van der Waals surface area (Å²) >= 11 is 2.51. The van der Waals surface area contributed by atoms with E-state index in [1.165, 1.54) is 24.1 Å². The van der Waals surface area contributed by atoms with E-state index in [2.05, 4.69) is 0 Å². The normalized spacial score (nSPS) is 14.8. The van der Waals surface area contributed by atoms with Crippen LogP contribution in [0.5, 0.6) is 0 Å². The van der Waals surface area contributed by atoms with Gasteiger partial charge >= 0.3 is 0 Å². The first kappa shape index (κ1) is 17.5. The molecule has 0 aliphatic carbocycles. The molecule has 0 saturated carbocycles. The van der Waals surface area contributed by atoms with Crippen LogP contribution in [0.4, 0.5) is 0 Å². The molecule has 0 radical (unpaired) electrons. The summed E-state index contributed by atoms with van der Waals surface area (Å²) in [4.78, 5) is 0. The highest BCUT2D eigenvalue weighted by molar-refractivity contribution is 8.08. The second kappa shape index (κ2) is 12.9. The Morgan fingerprint density at radius 3 is 1.59 bits per heavy atom. The van der Waals surface area contributed by atoms with E-state index in [4.69, 9.17) is 25.3 Å². The molecule has 0 amide bonds. The van der Waals surface area contributed by atoms with Gasteiger partial charge in [0, 0.05) is 24.1 Å². The highest BCUT2D eigenvalue weighted by Crippen LogP contribution is 2.27. The van der Waals surface area contributed by atoms with Gasteiger partial charge in [-0.2, -0.15) is 0 Å². The lowest BCUT2D eigenvalue weighted by atomic mass is 10.2. The maximum absolute atomic E-state index is 9.10. The number of hydrogen-bond donors (Lipinski definition) is 4. The van der Waals surface area contributed by atoms with E-state index in [1.807, 2.05) is 0 Å². The van der Waals surface area contributed by atoms with Gasteiger partial charge in [0.05, 0.1) is 23.7 Å². The van der Waals surface area contributed by atoms with Crippen molar-refractivity contribution in [3.63, 3.8) is 0 Å². The summed E-state index contributed by atoms with van der Waals surface area (Å²) < 4.78 is 5.37. The number of rotatable bonds is 12. The van der Waals surface area contributed by atoms with Gasteiger partial charge in [-0.1, -0.05) is 0 Å². The largest absolute Gasteiger partial charge is 0.395 e. The molecule has 5 nitrogen and oxygen atoms in total. The van der Waals surface area contributed by atoms with Crippen molar-refractivity contribution in [1.29, 1.82) is 0 Å². The smallest absolute Gasteiger partial charge is 0.0572 e. The minimum atomic E-state index is 0.0555. The fraction of sp³-hybridized carbons (Fsp3) is 1.00. The number of aliphatic hydroxyl groups is 2. The van der Waals surface area contributed by atoms with Crippen LogP contribution in [0.1, 0.15) is 25.7 Å². The van der Waals surface area contributed by atoms with Crippen molar-refractivity contribution in [2.75, 3.05) is 26.3 Å². The Labute approximate surface area is 112 Å². The van der Waals surface area contributed by atoms with Gasteiger partial charge in [0.2, 0.25) is 0 Å². The van der Waals surface area contributed by atoms with E-state index in [1.54, 1.807) is 0 Å². The molecule has 17 heavy (non-hydrogen) atoms. The molecule has 0 heterocycles. The van der Waals surface area contributed by atoms with Gasteiger partial charge in [-0.15, -0.1) is 0 Å². The molecule has 0 bridgehead atoms. The molecular weight excluding hydrogens is 260 g/mol. The summed E-state index contributed by atoms with van der Waals surface area (Å²) in [6.07, 6.45) is 3.43. The van der Waals surface area contributed by atoms with Crippen LogP contribution in [-0.2, 0) is 3.63 Å². The number of aliphatic hydroxyl groups excluding tert-OH is 2. The van der Waals surface area contributed by atoms with Crippen LogP contribution in [0.3, 0.4) is 0 Å². The number of nitrogens with two attached hydrogens (primary N) is 2. The highest BCUT2D eigenvalue weighted by atomic mass is 32.2. The van der Waals surface area contributed by atoms with E-state index in [0.717, 1.165) is 25.7 Å². The zero-order valence-corrected chi connectivity index (χ0v) is 11.7. The summed E-state index contributed by atoms with van der Waals surface area (Å²) in [5, 5.41) is 18.3. The van der Waals surface area contributed by atoms with E-state index in [0.29, 0.717) is 13.1 Å². The molecule has 0 spiro atoms. The molecule has 7 heteroatoms. The Bertz CT molecular complexity index is 150. The second-order valence-corrected chi connectivity index (χ2v) is 5.99. The summed E-state index contributed by atoms with van der Waals surface area (Å²) in [6, 6.07) is 0. The van der Waals surface area contributed by atoms with Crippen molar-refractivity contribution < 1.29 is 13.8 Å². The van der Waals surface area contributed by atoms with Gasteiger partial charge in [0.15, 0.2) is 0 Å². The maximum Gasteiger partial charge on any atom is 0.0572 e. The van der Waals surface area contributed by atoms with Gasteiger partial charge in [-0.05, 0) is 38.8 Å². The van der Waals surface area contributed by atoms with Crippen molar-refractivity contribution in [3.8, 4) is 0 Å². The lowest BCUT2D eigenvalue weighted by molar-refractivity contribution is 0.285. The molecule has 2 unspecified atom stereocenters. The fourth-order valence-corrected chi connectivity index (χ4v) is 2.88. The molecule has 0 aromatic heterocycles. The van der Waals surface area contributed by atoms with E-state index in [9.17, 15) is 0 Å². The lowest BCUT2D eigenvalue weighted by Crippen LogP contribution is -2.13. The Hall–Kier alpha value is 0.500. The van der Waals surface area contributed by atoms with Crippen LogP contribution in [0, 0.1) is 0 Å². The molecule has 0 fully saturated rings. The van der Waals surface area contributed by atoms with E-state index < -0.39 is 0 Å². The summed E-state index contributed by atoms with van der Waals surface area (Å²) in [5.74, 6) is 0. The predicted molar refractivity (Wildman–Crippen MR) is 74.6 cm³/mol. The van der Waals surface area contributed by atoms with Gasteiger partial charge in [0.25, 0.3) is 0 Å². The molecule has 2 atom stereocenters. The zero-order valence-electron chi connectivity index (χ0n) is 10.1. The van der Waals surface area contributed by atoms with Crippen molar-refractivity contribution in [2.24, 2.45) is 11.5 Å². The van der Waals surface area contributed by atoms with E-state index >= 15 is 0 Å². The SMILES string of the molecule is NCCCC(CO)SOSC(CO)CCCN. The maximum atomic E-state index is 9.10. The standard InChI is InChI=1S/C10H24N2O3S2/c11-5-1-3-9(7-13)16-15-17-10(8-14)4-2-6-12/h9-10,13-14H,1-8,11-12H2. The monoisotopic (exact) mass is 284 g/mol. The van der Waals surface area contributed by atoms with Crippen LogP contribution in [0.25, 0.3) is 0 Å². The Morgan fingerprint density at radius 2 is 1.29 bits per heavy atom. The van der Waals surface area contributed by atoms with Crippen molar-refractivity contribution >= 4 is 24.1 Å². The van der Waals surface area contributed by atoms with Gasteiger partial charge in [-0.25, -0.2) is 3.63 Å². The Kier molecular flexibility index (Phi) is 13.3. The van der Waals surface area contributed by atoms with Crippen LogP contribution < -0.4 is 11.5 Å². The lowest BCUT2D eigenvalue weighted by Gasteiger charge is -2.15. The third kappa shape index (κ3) is 10.1. The van der Waals surface area contributed by atoms with Crippen LogP contribution in [0.15, 0.2) is 0 Å². The van der Waals surface area contributed by atoms with Gasteiger partial charge < -0.3 is 21.7 Å². The zero-order chi connectivity index (χ0) is 12.9. The molecule has 0 saturated heterocycles. The van der Waals surface area contributed by atoms with Crippen molar-refractivity contribution in [1.82, 2.24) is 0 Å². The Balaban J connectivity index is 3.61. The summed E-state index contributed by atoms with van der Waals surface area (Å²) in [7, 11) is 0. The molecular formula is C10H24N2O3S2. The Morgan fingerprint density at radius 1 is 0.882 bits per heavy atom. The molecule has 0 aromatic rings. The summed E-state index contributed by atoms with van der Waals surface area (Å²) in [5.41, 5.74) is 10.8. The van der Waals surface area contributed by atoms with Crippen LogP contribution in [-0.4, -0.2) is 47.0 Å². The van der Waals surface area contributed by atoms with Crippen LogP contribution >= 0.6 is 24.1 Å². The van der Waals surface area contributed by atoms with Crippen LogP contribution in [0.2, 0.25) is 0 Å². The van der Waals surface area contributed by atoms with Crippen molar-refractivity contribution in [2.45, 2.75) is 36.2 Å². The first-order chi connectivity index (χ1) is 8.28. The first-order valence-corrected chi connectivity index (χ1v) is 7.50. The molecule has 0 aliphatic rings. The minimum Gasteiger partial charge on any atom is -0.395 e. The number of hydrogen-bond acceptors (Lipinski definition) is 7.